The fourth-order valence-corrected chi connectivity index (χ4v) is 2.10. The fourth-order valence-electron chi connectivity index (χ4n) is 1.53. The standard InChI is InChI=1S/C14H10BrClO3/c15-10-4-5-13(17)12(7-10)14(18)19-8-9-2-1-3-11(16)6-9/h1-7,17H,8H2. The summed E-state index contributed by atoms with van der Waals surface area (Å²) >= 11 is 9.07. The number of ether oxygens (including phenoxy) is 1. The number of hydrogen-bond acceptors (Lipinski definition) is 3. The molecule has 0 aromatic heterocycles. The maximum Gasteiger partial charge on any atom is 0.342 e. The van der Waals surface area contributed by atoms with Crippen molar-refractivity contribution in [2.75, 3.05) is 0 Å². The van der Waals surface area contributed by atoms with Gasteiger partial charge in [0.15, 0.2) is 0 Å². The van der Waals surface area contributed by atoms with Crippen molar-refractivity contribution in [2.24, 2.45) is 0 Å². The molecule has 1 N–H and O–H groups in total. The molecule has 0 amide bonds. The Bertz CT molecular complexity index is 613. The lowest BCUT2D eigenvalue weighted by Crippen LogP contribution is -2.05. The highest BCUT2D eigenvalue weighted by Gasteiger charge is 2.13. The molecule has 0 spiro atoms. The minimum Gasteiger partial charge on any atom is -0.507 e. The molecule has 0 radical (unpaired) electrons. The first-order chi connectivity index (χ1) is 9.06. The van der Waals surface area contributed by atoms with Crippen LogP contribution in [0.2, 0.25) is 5.02 Å². The van der Waals surface area contributed by atoms with Crippen molar-refractivity contribution < 1.29 is 14.6 Å². The number of halogens is 2. The lowest BCUT2D eigenvalue weighted by atomic mass is 10.2. The Labute approximate surface area is 123 Å². The van der Waals surface area contributed by atoms with E-state index in [4.69, 9.17) is 16.3 Å². The normalized spacial score (nSPS) is 10.2. The Hall–Kier alpha value is -1.52. The van der Waals surface area contributed by atoms with E-state index in [1.807, 2.05) is 0 Å². The van der Waals surface area contributed by atoms with Crippen LogP contribution in [0.3, 0.4) is 0 Å². The lowest BCUT2D eigenvalue weighted by molar-refractivity contribution is 0.0469. The minimum atomic E-state index is -0.584. The quantitative estimate of drug-likeness (QED) is 0.853. The van der Waals surface area contributed by atoms with E-state index >= 15 is 0 Å². The topological polar surface area (TPSA) is 46.5 Å². The van der Waals surface area contributed by atoms with Crippen molar-refractivity contribution in [2.45, 2.75) is 6.61 Å². The van der Waals surface area contributed by atoms with Gasteiger partial charge in [-0.25, -0.2) is 4.79 Å². The summed E-state index contributed by atoms with van der Waals surface area (Å²) in [6, 6.07) is 11.6. The number of esters is 1. The Kier molecular flexibility index (Phi) is 4.45. The molecule has 0 unspecified atom stereocenters. The van der Waals surface area contributed by atoms with Gasteiger partial charge < -0.3 is 9.84 Å². The average Bonchev–Trinajstić information content (AvgIpc) is 2.39. The largest absolute Gasteiger partial charge is 0.507 e. The van der Waals surface area contributed by atoms with Gasteiger partial charge in [0.25, 0.3) is 0 Å². The van der Waals surface area contributed by atoms with Crippen LogP contribution in [0.4, 0.5) is 0 Å². The van der Waals surface area contributed by atoms with E-state index in [0.717, 1.165) is 5.56 Å². The van der Waals surface area contributed by atoms with Gasteiger partial charge in [-0.3, -0.25) is 0 Å². The van der Waals surface area contributed by atoms with E-state index in [1.54, 1.807) is 30.3 Å². The number of rotatable bonds is 3. The second kappa shape index (κ2) is 6.08. The highest BCUT2D eigenvalue weighted by atomic mass is 79.9. The summed E-state index contributed by atoms with van der Waals surface area (Å²) in [6.45, 7) is 0.103. The summed E-state index contributed by atoms with van der Waals surface area (Å²) < 4.78 is 5.82. The number of carbonyl (C=O) groups is 1. The summed E-state index contributed by atoms with van der Waals surface area (Å²) in [6.07, 6.45) is 0. The van der Waals surface area contributed by atoms with Crippen molar-refractivity contribution in [3.8, 4) is 5.75 Å². The Morgan fingerprint density at radius 1 is 1.26 bits per heavy atom. The molecule has 0 saturated heterocycles. The van der Waals surface area contributed by atoms with Crippen LogP contribution in [-0.2, 0) is 11.3 Å². The van der Waals surface area contributed by atoms with Crippen LogP contribution >= 0.6 is 27.5 Å². The van der Waals surface area contributed by atoms with E-state index in [2.05, 4.69) is 15.9 Å². The van der Waals surface area contributed by atoms with Crippen molar-refractivity contribution in [1.82, 2.24) is 0 Å². The molecule has 0 heterocycles. The van der Waals surface area contributed by atoms with Crippen LogP contribution in [0.25, 0.3) is 0 Å². The van der Waals surface area contributed by atoms with Gasteiger partial charge in [-0.2, -0.15) is 0 Å². The molecule has 2 aromatic carbocycles. The monoisotopic (exact) mass is 340 g/mol. The van der Waals surface area contributed by atoms with Crippen LogP contribution in [-0.4, -0.2) is 11.1 Å². The summed E-state index contributed by atoms with van der Waals surface area (Å²) in [5, 5.41) is 10.2. The second-order valence-corrected chi connectivity index (χ2v) is 5.22. The SMILES string of the molecule is O=C(OCc1cccc(Cl)c1)c1cc(Br)ccc1O. The minimum absolute atomic E-state index is 0.103. The van der Waals surface area contributed by atoms with E-state index in [-0.39, 0.29) is 17.9 Å². The zero-order chi connectivity index (χ0) is 13.8. The zero-order valence-corrected chi connectivity index (χ0v) is 12.1. The predicted octanol–water partition coefficient (Wildman–Crippen LogP) is 4.17. The molecule has 0 fully saturated rings. The number of hydrogen-bond donors (Lipinski definition) is 1. The molecule has 0 saturated carbocycles. The van der Waals surface area contributed by atoms with Crippen LogP contribution < -0.4 is 0 Å². The first-order valence-electron chi connectivity index (χ1n) is 5.46. The van der Waals surface area contributed by atoms with Crippen molar-refractivity contribution in [3.63, 3.8) is 0 Å². The molecule has 0 bridgehead atoms. The summed E-state index contributed by atoms with van der Waals surface area (Å²) in [5.74, 6) is -0.696. The maximum atomic E-state index is 11.8. The number of benzene rings is 2. The number of aromatic hydroxyl groups is 1. The first-order valence-corrected chi connectivity index (χ1v) is 6.63. The molecule has 2 rings (SSSR count). The number of phenols is 1. The third-order valence-electron chi connectivity index (χ3n) is 2.44. The van der Waals surface area contributed by atoms with E-state index in [9.17, 15) is 9.90 Å². The fraction of sp³-hybridized carbons (Fsp3) is 0.0714. The highest BCUT2D eigenvalue weighted by Crippen LogP contribution is 2.23. The Morgan fingerprint density at radius 3 is 2.79 bits per heavy atom. The van der Waals surface area contributed by atoms with Crippen LogP contribution in [0.1, 0.15) is 15.9 Å². The van der Waals surface area contributed by atoms with Gasteiger partial charge in [0, 0.05) is 9.50 Å². The van der Waals surface area contributed by atoms with Crippen LogP contribution in [0.5, 0.6) is 5.75 Å². The second-order valence-electron chi connectivity index (χ2n) is 3.87. The Balaban J connectivity index is 2.07. The maximum absolute atomic E-state index is 11.8. The Morgan fingerprint density at radius 2 is 2.05 bits per heavy atom. The van der Waals surface area contributed by atoms with Gasteiger partial charge in [0.1, 0.15) is 17.9 Å². The third kappa shape index (κ3) is 3.72. The van der Waals surface area contributed by atoms with Gasteiger partial charge in [0.2, 0.25) is 0 Å². The van der Waals surface area contributed by atoms with E-state index in [1.165, 1.54) is 12.1 Å². The molecule has 0 atom stereocenters. The number of phenolic OH excluding ortho intramolecular Hbond substituents is 1. The van der Waals surface area contributed by atoms with E-state index < -0.39 is 5.97 Å². The van der Waals surface area contributed by atoms with E-state index in [0.29, 0.717) is 9.50 Å². The van der Waals surface area contributed by atoms with Gasteiger partial charge >= 0.3 is 5.97 Å². The van der Waals surface area contributed by atoms with Gasteiger partial charge in [-0.05, 0) is 35.9 Å². The van der Waals surface area contributed by atoms with Crippen molar-refractivity contribution in [1.29, 1.82) is 0 Å². The molecule has 98 valence electrons. The first kappa shape index (κ1) is 13.9. The molecular weight excluding hydrogens is 332 g/mol. The molecular formula is C14H10BrClO3. The number of carbonyl (C=O) groups excluding carboxylic acids is 1. The molecule has 2 aromatic rings. The summed E-state index contributed by atoms with van der Waals surface area (Å²) in [7, 11) is 0. The molecule has 19 heavy (non-hydrogen) atoms. The predicted molar refractivity (Wildman–Crippen MR) is 76.4 cm³/mol. The smallest absolute Gasteiger partial charge is 0.342 e. The summed E-state index contributed by atoms with van der Waals surface area (Å²) in [4.78, 5) is 11.8. The van der Waals surface area contributed by atoms with Crippen LogP contribution in [0, 0.1) is 0 Å². The van der Waals surface area contributed by atoms with Crippen molar-refractivity contribution in [3.05, 3.63) is 63.1 Å². The average molecular weight is 342 g/mol. The molecule has 0 aliphatic heterocycles. The lowest BCUT2D eigenvalue weighted by Gasteiger charge is -2.07. The highest BCUT2D eigenvalue weighted by molar-refractivity contribution is 9.10. The zero-order valence-electron chi connectivity index (χ0n) is 9.77. The summed E-state index contributed by atoms with van der Waals surface area (Å²) in [5.41, 5.74) is 0.909. The van der Waals surface area contributed by atoms with Crippen LogP contribution in [0.15, 0.2) is 46.9 Å². The molecule has 0 aliphatic carbocycles. The van der Waals surface area contributed by atoms with Gasteiger partial charge in [-0.1, -0.05) is 39.7 Å². The molecule has 3 nitrogen and oxygen atoms in total. The molecule has 5 heteroatoms. The molecule has 0 aliphatic rings. The van der Waals surface area contributed by atoms with Gasteiger partial charge in [-0.15, -0.1) is 0 Å². The third-order valence-corrected chi connectivity index (χ3v) is 3.17. The van der Waals surface area contributed by atoms with Gasteiger partial charge in [0.05, 0.1) is 0 Å². The van der Waals surface area contributed by atoms with Crippen molar-refractivity contribution >= 4 is 33.5 Å².